The van der Waals surface area contributed by atoms with Crippen LogP contribution in [0.3, 0.4) is 0 Å². The molecule has 6 nitrogen and oxygen atoms in total. The van der Waals surface area contributed by atoms with Crippen molar-refractivity contribution in [2.24, 2.45) is 5.73 Å². The number of aryl methyl sites for hydroxylation is 1. The number of fused-ring (bicyclic) bond motifs is 1. The van der Waals surface area contributed by atoms with Crippen LogP contribution in [0.5, 0.6) is 11.5 Å². The molecule has 1 amide bonds. The predicted octanol–water partition coefficient (Wildman–Crippen LogP) is 2.88. The highest BCUT2D eigenvalue weighted by molar-refractivity contribution is 5.81. The average Bonchev–Trinajstić information content (AvgIpc) is 2.80. The molecule has 1 fully saturated rings. The van der Waals surface area contributed by atoms with E-state index >= 15 is 0 Å². The van der Waals surface area contributed by atoms with Gasteiger partial charge >= 0.3 is 0 Å². The molecule has 1 saturated carbocycles. The quantitative estimate of drug-likeness (QED) is 0.681. The van der Waals surface area contributed by atoms with Gasteiger partial charge in [0, 0.05) is 6.04 Å². The second kappa shape index (κ2) is 9.49. The van der Waals surface area contributed by atoms with E-state index in [9.17, 15) is 4.79 Å². The van der Waals surface area contributed by atoms with Crippen molar-refractivity contribution in [2.75, 3.05) is 6.61 Å². The molecule has 2 unspecified atom stereocenters. The van der Waals surface area contributed by atoms with Crippen molar-refractivity contribution in [2.45, 2.75) is 62.8 Å². The molecule has 2 aliphatic rings. The molecule has 4 rings (SSSR count). The minimum atomic E-state index is -0.849. The van der Waals surface area contributed by atoms with Gasteiger partial charge in [-0.15, -0.1) is 0 Å². The minimum absolute atomic E-state index is 0.0989. The Morgan fingerprint density at radius 2 is 1.90 bits per heavy atom. The van der Waals surface area contributed by atoms with Gasteiger partial charge in [0.1, 0.15) is 23.6 Å². The van der Waals surface area contributed by atoms with Crippen molar-refractivity contribution >= 4 is 5.91 Å². The van der Waals surface area contributed by atoms with Gasteiger partial charge in [0.2, 0.25) is 5.91 Å². The fourth-order valence-electron chi connectivity index (χ4n) is 4.25. The van der Waals surface area contributed by atoms with Gasteiger partial charge in [-0.2, -0.15) is 0 Å². The van der Waals surface area contributed by atoms with Crippen molar-refractivity contribution in [1.82, 2.24) is 5.32 Å². The van der Waals surface area contributed by atoms with Crippen molar-refractivity contribution in [1.29, 1.82) is 0 Å². The van der Waals surface area contributed by atoms with Crippen LogP contribution in [0.2, 0.25) is 0 Å². The Hall–Kier alpha value is -2.57. The number of amides is 1. The molecule has 30 heavy (non-hydrogen) atoms. The molecule has 1 heterocycles. The van der Waals surface area contributed by atoms with Crippen molar-refractivity contribution < 1.29 is 19.4 Å². The molecule has 2 aromatic carbocycles. The number of aliphatic hydroxyl groups is 1. The number of ether oxygens (including phenoxy) is 2. The number of nitrogens with two attached hydrogens (primary N) is 1. The smallest absolute Gasteiger partial charge is 0.239 e. The highest BCUT2D eigenvalue weighted by Gasteiger charge is 2.26. The van der Waals surface area contributed by atoms with Crippen LogP contribution in [0.15, 0.2) is 48.5 Å². The topological polar surface area (TPSA) is 93.8 Å². The molecule has 1 aliphatic carbocycles. The lowest BCUT2D eigenvalue weighted by atomic mass is 9.92. The normalized spacial score (nSPS) is 24.3. The summed E-state index contributed by atoms with van der Waals surface area (Å²) in [5.41, 5.74) is 7.97. The zero-order valence-electron chi connectivity index (χ0n) is 17.1. The molecule has 0 spiro atoms. The van der Waals surface area contributed by atoms with E-state index in [1.807, 2.05) is 30.3 Å². The highest BCUT2D eigenvalue weighted by atomic mass is 16.5. The van der Waals surface area contributed by atoms with E-state index in [0.29, 0.717) is 0 Å². The number of hydrogen-bond donors (Lipinski definition) is 3. The molecule has 0 aromatic heterocycles. The standard InChI is InChI=1S/C24H30N2O4/c25-21(15-27)24(28)26-18-7-9-19(10-8-18)29-20-11-13-23-17(14-20)6-12-22(30-23)16-4-2-1-3-5-16/h1-5,11,13-14,18-19,21-22,27H,6-10,12,15,25H2,(H,26,28). The largest absolute Gasteiger partial charge is 0.490 e. The SMILES string of the molecule is NC(CO)C(=O)NC1CCC(Oc2ccc3c(c2)CCC(c2ccccc2)O3)CC1. The van der Waals surface area contributed by atoms with E-state index in [1.165, 1.54) is 11.1 Å². The van der Waals surface area contributed by atoms with Crippen LogP contribution in [-0.2, 0) is 11.2 Å². The zero-order valence-corrected chi connectivity index (χ0v) is 17.1. The van der Waals surface area contributed by atoms with Gasteiger partial charge in [-0.05, 0) is 67.9 Å². The van der Waals surface area contributed by atoms with Gasteiger partial charge in [0.15, 0.2) is 0 Å². The summed E-state index contributed by atoms with van der Waals surface area (Å²) in [6.07, 6.45) is 5.63. The molecule has 2 aromatic rings. The number of nitrogens with one attached hydrogen (secondary N) is 1. The number of hydrogen-bond acceptors (Lipinski definition) is 5. The Morgan fingerprint density at radius 1 is 1.13 bits per heavy atom. The Balaban J connectivity index is 1.29. The van der Waals surface area contributed by atoms with E-state index in [0.717, 1.165) is 50.0 Å². The first-order valence-corrected chi connectivity index (χ1v) is 10.8. The third-order valence-corrected chi connectivity index (χ3v) is 6.01. The third-order valence-electron chi connectivity index (χ3n) is 6.01. The van der Waals surface area contributed by atoms with Crippen LogP contribution >= 0.6 is 0 Å². The Kier molecular flexibility index (Phi) is 6.55. The Morgan fingerprint density at radius 3 is 2.63 bits per heavy atom. The molecule has 0 bridgehead atoms. The van der Waals surface area contributed by atoms with Gasteiger partial charge in [-0.3, -0.25) is 4.79 Å². The molecule has 160 valence electrons. The first kappa shape index (κ1) is 20.7. The highest BCUT2D eigenvalue weighted by Crippen LogP contribution is 2.37. The van der Waals surface area contributed by atoms with Gasteiger partial charge in [-0.1, -0.05) is 30.3 Å². The van der Waals surface area contributed by atoms with Crippen LogP contribution in [-0.4, -0.2) is 35.8 Å². The summed E-state index contributed by atoms with van der Waals surface area (Å²) >= 11 is 0. The second-order valence-electron chi connectivity index (χ2n) is 8.21. The predicted molar refractivity (Wildman–Crippen MR) is 114 cm³/mol. The van der Waals surface area contributed by atoms with Crippen molar-refractivity contribution in [3.8, 4) is 11.5 Å². The number of rotatable bonds is 6. The van der Waals surface area contributed by atoms with Crippen LogP contribution in [0.4, 0.5) is 0 Å². The fourth-order valence-corrected chi connectivity index (χ4v) is 4.25. The Labute approximate surface area is 177 Å². The third kappa shape index (κ3) is 4.94. The van der Waals surface area contributed by atoms with E-state index < -0.39 is 6.04 Å². The Bertz CT molecular complexity index is 850. The summed E-state index contributed by atoms with van der Waals surface area (Å²) in [5, 5.41) is 11.9. The lowest BCUT2D eigenvalue weighted by molar-refractivity contribution is -0.124. The summed E-state index contributed by atoms with van der Waals surface area (Å²) in [6.45, 7) is -0.335. The van der Waals surface area contributed by atoms with E-state index in [-0.39, 0.29) is 30.8 Å². The van der Waals surface area contributed by atoms with E-state index in [4.69, 9.17) is 20.3 Å². The monoisotopic (exact) mass is 410 g/mol. The van der Waals surface area contributed by atoms with Gasteiger partial charge in [-0.25, -0.2) is 0 Å². The fraction of sp³-hybridized carbons (Fsp3) is 0.458. The lowest BCUT2D eigenvalue weighted by Crippen LogP contribution is -2.48. The maximum absolute atomic E-state index is 11.8. The summed E-state index contributed by atoms with van der Waals surface area (Å²) in [5.74, 6) is 1.53. The number of carbonyl (C=O) groups excluding carboxylic acids is 1. The molecule has 0 saturated heterocycles. The van der Waals surface area contributed by atoms with Crippen molar-refractivity contribution in [3.05, 3.63) is 59.7 Å². The molecule has 4 N–H and O–H groups in total. The summed E-state index contributed by atoms with van der Waals surface area (Å²) in [7, 11) is 0. The summed E-state index contributed by atoms with van der Waals surface area (Å²) in [6, 6.07) is 15.7. The van der Waals surface area contributed by atoms with E-state index in [2.05, 4.69) is 23.5 Å². The maximum atomic E-state index is 11.8. The van der Waals surface area contributed by atoms with Crippen LogP contribution in [0.1, 0.15) is 49.3 Å². The minimum Gasteiger partial charge on any atom is -0.490 e. The molecule has 6 heteroatoms. The summed E-state index contributed by atoms with van der Waals surface area (Å²) < 4.78 is 12.4. The number of benzene rings is 2. The zero-order chi connectivity index (χ0) is 20.9. The van der Waals surface area contributed by atoms with Gasteiger partial charge < -0.3 is 25.6 Å². The first-order valence-electron chi connectivity index (χ1n) is 10.8. The lowest BCUT2D eigenvalue weighted by Gasteiger charge is -2.31. The van der Waals surface area contributed by atoms with Crippen LogP contribution in [0.25, 0.3) is 0 Å². The molecular formula is C24H30N2O4. The van der Waals surface area contributed by atoms with Gasteiger partial charge in [0.05, 0.1) is 12.7 Å². The van der Waals surface area contributed by atoms with Gasteiger partial charge in [0.25, 0.3) is 0 Å². The number of carbonyl (C=O) groups is 1. The maximum Gasteiger partial charge on any atom is 0.239 e. The first-order chi connectivity index (χ1) is 14.6. The average molecular weight is 411 g/mol. The molecule has 2 atom stereocenters. The van der Waals surface area contributed by atoms with Crippen molar-refractivity contribution in [3.63, 3.8) is 0 Å². The van der Waals surface area contributed by atoms with E-state index in [1.54, 1.807) is 0 Å². The molecule has 1 aliphatic heterocycles. The van der Waals surface area contributed by atoms with Crippen LogP contribution < -0.4 is 20.5 Å². The molecule has 0 radical (unpaired) electrons. The number of aliphatic hydroxyl groups excluding tert-OH is 1. The second-order valence-corrected chi connectivity index (χ2v) is 8.21. The summed E-state index contributed by atoms with van der Waals surface area (Å²) in [4.78, 5) is 11.8. The molecular weight excluding hydrogens is 380 g/mol. The van der Waals surface area contributed by atoms with Crippen LogP contribution in [0, 0.1) is 0 Å².